The van der Waals surface area contributed by atoms with E-state index in [0.717, 1.165) is 11.4 Å². The van der Waals surface area contributed by atoms with Crippen molar-refractivity contribution in [1.29, 1.82) is 0 Å². The summed E-state index contributed by atoms with van der Waals surface area (Å²) in [7, 11) is 0. The fraction of sp³-hybridized carbons (Fsp3) is 0.364. The minimum Gasteiger partial charge on any atom is -0.381 e. The van der Waals surface area contributed by atoms with E-state index in [1.54, 1.807) is 6.33 Å². The molecule has 0 spiro atoms. The number of carbonyl (C=O) groups excluding carboxylic acids is 1. The number of aromatic amines is 1. The highest BCUT2D eigenvalue weighted by molar-refractivity contribution is 6.35. The van der Waals surface area contributed by atoms with E-state index in [2.05, 4.69) is 20.5 Å². The van der Waals surface area contributed by atoms with Crippen LogP contribution in [0, 0.1) is 13.8 Å². The number of H-pyrrole nitrogens is 1. The molecular weight excluding hydrogens is 268 g/mol. The molecule has 102 valence electrons. The van der Waals surface area contributed by atoms with Gasteiger partial charge in [-0.2, -0.15) is 5.10 Å². The van der Waals surface area contributed by atoms with Crippen LogP contribution in [0.5, 0.6) is 0 Å². The van der Waals surface area contributed by atoms with Crippen LogP contribution in [0.1, 0.15) is 21.9 Å². The Morgan fingerprint density at radius 3 is 2.84 bits per heavy atom. The van der Waals surface area contributed by atoms with E-state index in [1.165, 1.54) is 0 Å². The number of nitrogen functional groups attached to an aromatic ring is 1. The first-order valence-corrected chi connectivity index (χ1v) is 6.14. The number of amides is 1. The van der Waals surface area contributed by atoms with Crippen molar-refractivity contribution in [3.8, 4) is 0 Å². The lowest BCUT2D eigenvalue weighted by atomic mass is 10.3. The van der Waals surface area contributed by atoms with Crippen molar-refractivity contribution in [2.24, 2.45) is 0 Å². The molecule has 2 rings (SSSR count). The second kappa shape index (κ2) is 5.31. The van der Waals surface area contributed by atoms with Gasteiger partial charge in [0, 0.05) is 18.8 Å². The van der Waals surface area contributed by atoms with Gasteiger partial charge in [-0.1, -0.05) is 11.6 Å². The Morgan fingerprint density at radius 2 is 2.32 bits per heavy atom. The predicted molar refractivity (Wildman–Crippen MR) is 72.0 cm³/mol. The number of nitrogens with one attached hydrogen (secondary N) is 2. The van der Waals surface area contributed by atoms with Gasteiger partial charge in [0.2, 0.25) is 0 Å². The zero-order valence-corrected chi connectivity index (χ0v) is 11.5. The monoisotopic (exact) mass is 282 g/mol. The van der Waals surface area contributed by atoms with Crippen LogP contribution in [0.2, 0.25) is 5.02 Å². The number of anilines is 1. The maximum absolute atomic E-state index is 11.8. The van der Waals surface area contributed by atoms with Crippen molar-refractivity contribution in [3.63, 3.8) is 0 Å². The van der Waals surface area contributed by atoms with Crippen LogP contribution >= 0.6 is 11.6 Å². The van der Waals surface area contributed by atoms with Gasteiger partial charge in [0.15, 0.2) is 5.82 Å². The van der Waals surface area contributed by atoms with Gasteiger partial charge in [-0.25, -0.2) is 4.98 Å². The van der Waals surface area contributed by atoms with Crippen molar-refractivity contribution in [2.45, 2.75) is 20.4 Å². The molecule has 0 bridgehead atoms. The molecule has 0 aliphatic carbocycles. The van der Waals surface area contributed by atoms with Crippen LogP contribution in [0.3, 0.4) is 0 Å². The molecule has 0 saturated heterocycles. The summed E-state index contributed by atoms with van der Waals surface area (Å²) in [5.41, 5.74) is 7.70. The van der Waals surface area contributed by atoms with E-state index in [0.29, 0.717) is 13.1 Å². The summed E-state index contributed by atoms with van der Waals surface area (Å²) in [6.45, 7) is 5.03. The first-order chi connectivity index (χ1) is 9.00. The molecule has 0 fully saturated rings. The summed E-state index contributed by atoms with van der Waals surface area (Å²) < 4.78 is 1.97. The molecule has 2 aromatic heterocycles. The maximum Gasteiger partial charge on any atom is 0.270 e. The van der Waals surface area contributed by atoms with Gasteiger partial charge in [-0.05, 0) is 13.8 Å². The van der Waals surface area contributed by atoms with E-state index in [4.69, 9.17) is 17.3 Å². The summed E-state index contributed by atoms with van der Waals surface area (Å²) in [4.78, 5) is 16.0. The molecule has 8 heteroatoms. The van der Waals surface area contributed by atoms with Gasteiger partial charge in [-0.3, -0.25) is 9.89 Å². The molecule has 2 heterocycles. The molecule has 0 saturated carbocycles. The molecule has 0 atom stereocenters. The predicted octanol–water partition coefficient (Wildman–Crippen LogP) is 0.889. The lowest BCUT2D eigenvalue weighted by Gasteiger charge is -2.07. The van der Waals surface area contributed by atoms with E-state index in [1.807, 2.05) is 18.4 Å². The fourth-order valence-electron chi connectivity index (χ4n) is 1.64. The average molecular weight is 283 g/mol. The van der Waals surface area contributed by atoms with Crippen molar-refractivity contribution in [2.75, 3.05) is 12.3 Å². The highest BCUT2D eigenvalue weighted by Crippen LogP contribution is 2.19. The van der Waals surface area contributed by atoms with E-state index in [-0.39, 0.29) is 22.4 Å². The summed E-state index contributed by atoms with van der Waals surface area (Å²) in [5.74, 6) is -0.211. The summed E-state index contributed by atoms with van der Waals surface area (Å²) >= 11 is 5.83. The van der Waals surface area contributed by atoms with Crippen LogP contribution in [0.4, 0.5) is 5.82 Å². The van der Waals surface area contributed by atoms with Gasteiger partial charge < -0.3 is 15.6 Å². The van der Waals surface area contributed by atoms with E-state index < -0.39 is 0 Å². The van der Waals surface area contributed by atoms with Gasteiger partial charge in [0.1, 0.15) is 10.7 Å². The first kappa shape index (κ1) is 13.4. The molecular formula is C11H15ClN6O. The second-order valence-electron chi connectivity index (χ2n) is 4.16. The zero-order valence-electron chi connectivity index (χ0n) is 10.7. The summed E-state index contributed by atoms with van der Waals surface area (Å²) in [6, 6.07) is 0. The number of imidazole rings is 1. The Hall–Kier alpha value is -2.02. The van der Waals surface area contributed by atoms with Crippen LogP contribution in [-0.4, -0.2) is 32.2 Å². The highest BCUT2D eigenvalue weighted by atomic mass is 35.5. The number of halogens is 1. The minimum atomic E-state index is -0.330. The SMILES string of the molecule is Cc1ncn(CCNC(=O)c2[nH]nc(N)c2Cl)c1C. The van der Waals surface area contributed by atoms with Gasteiger partial charge in [0.05, 0.1) is 12.0 Å². The third-order valence-electron chi connectivity index (χ3n) is 2.94. The second-order valence-corrected chi connectivity index (χ2v) is 4.54. The van der Waals surface area contributed by atoms with Gasteiger partial charge in [0.25, 0.3) is 5.91 Å². The van der Waals surface area contributed by atoms with Crippen molar-refractivity contribution in [3.05, 3.63) is 28.4 Å². The quantitative estimate of drug-likeness (QED) is 0.775. The molecule has 19 heavy (non-hydrogen) atoms. The lowest BCUT2D eigenvalue weighted by molar-refractivity contribution is 0.0947. The summed E-state index contributed by atoms with van der Waals surface area (Å²) in [6.07, 6.45) is 1.75. The van der Waals surface area contributed by atoms with Crippen LogP contribution in [0.15, 0.2) is 6.33 Å². The zero-order chi connectivity index (χ0) is 14.0. The van der Waals surface area contributed by atoms with Gasteiger partial charge in [-0.15, -0.1) is 0 Å². The molecule has 0 aliphatic rings. The normalized spacial score (nSPS) is 10.7. The lowest BCUT2D eigenvalue weighted by Crippen LogP contribution is -2.27. The number of hydrogen-bond donors (Lipinski definition) is 3. The molecule has 4 N–H and O–H groups in total. The molecule has 1 amide bonds. The van der Waals surface area contributed by atoms with E-state index >= 15 is 0 Å². The highest BCUT2D eigenvalue weighted by Gasteiger charge is 2.15. The Kier molecular flexibility index (Phi) is 3.75. The molecule has 7 nitrogen and oxygen atoms in total. The largest absolute Gasteiger partial charge is 0.381 e. The smallest absolute Gasteiger partial charge is 0.270 e. The maximum atomic E-state index is 11.8. The number of aromatic nitrogens is 4. The Bertz CT molecular complexity index is 602. The Labute approximate surface area is 115 Å². The molecule has 0 radical (unpaired) electrons. The number of nitrogens with zero attached hydrogens (tertiary/aromatic N) is 3. The van der Waals surface area contributed by atoms with Crippen LogP contribution in [0.25, 0.3) is 0 Å². The molecule has 0 unspecified atom stereocenters. The molecule has 0 aliphatic heterocycles. The third-order valence-corrected chi connectivity index (χ3v) is 3.33. The van der Waals surface area contributed by atoms with Crippen LogP contribution < -0.4 is 11.1 Å². The number of nitrogens with two attached hydrogens (primary N) is 1. The first-order valence-electron chi connectivity index (χ1n) is 5.76. The molecule has 2 aromatic rings. The van der Waals surface area contributed by atoms with Gasteiger partial charge >= 0.3 is 0 Å². The number of rotatable bonds is 4. The standard InChI is InChI=1S/C11H15ClN6O/c1-6-7(2)18(5-15-6)4-3-14-11(19)9-8(12)10(13)17-16-9/h5H,3-4H2,1-2H3,(H,14,19)(H3,13,16,17). The third kappa shape index (κ3) is 2.70. The minimum absolute atomic E-state index is 0.118. The van der Waals surface area contributed by atoms with Crippen molar-refractivity contribution in [1.82, 2.24) is 25.1 Å². The van der Waals surface area contributed by atoms with E-state index in [9.17, 15) is 4.79 Å². The Balaban J connectivity index is 1.91. The van der Waals surface area contributed by atoms with Crippen LogP contribution in [-0.2, 0) is 6.54 Å². The number of aryl methyl sites for hydroxylation is 1. The van der Waals surface area contributed by atoms with Crippen molar-refractivity contribution < 1.29 is 4.79 Å². The number of carbonyl (C=O) groups is 1. The Morgan fingerprint density at radius 1 is 1.58 bits per heavy atom. The fourth-order valence-corrected chi connectivity index (χ4v) is 1.81. The molecule has 0 aromatic carbocycles. The average Bonchev–Trinajstić information content (AvgIpc) is 2.87. The van der Waals surface area contributed by atoms with Crippen molar-refractivity contribution >= 4 is 23.3 Å². The topological polar surface area (TPSA) is 102 Å². The number of hydrogen-bond acceptors (Lipinski definition) is 4. The summed E-state index contributed by atoms with van der Waals surface area (Å²) in [5, 5.41) is 9.05.